The van der Waals surface area contributed by atoms with Crippen molar-refractivity contribution in [3.05, 3.63) is 29.3 Å². The number of hydrogen-bond donors (Lipinski definition) is 1. The number of halogens is 2. The number of unbranched alkanes of at least 4 members (excludes halogenated alkanes) is 1. The summed E-state index contributed by atoms with van der Waals surface area (Å²) in [5, 5.41) is 11.7. The third-order valence-electron chi connectivity index (χ3n) is 2.92. The van der Waals surface area contributed by atoms with E-state index in [0.29, 0.717) is 6.54 Å². The Kier molecular flexibility index (Phi) is 7.54. The van der Waals surface area contributed by atoms with Gasteiger partial charge in [-0.25, -0.2) is 0 Å². The molecule has 0 bridgehead atoms. The first-order chi connectivity index (χ1) is 11.0. The number of carbonyl (C=O) groups is 1. The summed E-state index contributed by atoms with van der Waals surface area (Å²) in [6.45, 7) is -0.646. The number of nitriles is 1. The molecule has 1 aromatic rings. The van der Waals surface area contributed by atoms with Crippen LogP contribution < -0.4 is 14.8 Å². The van der Waals surface area contributed by atoms with E-state index in [2.05, 4.69) is 10.1 Å². The molecule has 0 heterocycles. The van der Waals surface area contributed by atoms with E-state index in [-0.39, 0.29) is 22.6 Å². The molecule has 0 atom stereocenters. The average Bonchev–Trinajstić information content (AvgIpc) is 2.53. The van der Waals surface area contributed by atoms with Crippen LogP contribution in [0.2, 0.25) is 0 Å². The molecule has 1 amide bonds. The van der Waals surface area contributed by atoms with Gasteiger partial charge in [-0.15, -0.1) is 0 Å². The van der Waals surface area contributed by atoms with Crippen LogP contribution in [0.4, 0.5) is 8.78 Å². The second-order valence-electron chi connectivity index (χ2n) is 4.54. The number of alkyl halides is 2. The zero-order valence-electron chi connectivity index (χ0n) is 12.9. The topological polar surface area (TPSA) is 71.4 Å². The van der Waals surface area contributed by atoms with E-state index in [0.717, 1.165) is 12.8 Å². The second-order valence-corrected chi connectivity index (χ2v) is 4.54. The molecule has 0 spiro atoms. The summed E-state index contributed by atoms with van der Waals surface area (Å²) in [5.41, 5.74) is -0.0414. The maximum absolute atomic E-state index is 12.6. The fourth-order valence-electron chi connectivity index (χ4n) is 1.80. The van der Waals surface area contributed by atoms with Gasteiger partial charge < -0.3 is 14.8 Å². The second kappa shape index (κ2) is 9.41. The minimum Gasteiger partial charge on any atom is -0.493 e. The Morgan fingerprint density at radius 1 is 1.48 bits per heavy atom. The lowest BCUT2D eigenvalue weighted by Gasteiger charge is -2.12. The molecule has 0 saturated carbocycles. The lowest BCUT2D eigenvalue weighted by molar-refractivity contribution is -0.117. The monoisotopic (exact) mass is 324 g/mol. The van der Waals surface area contributed by atoms with Crippen molar-refractivity contribution in [1.82, 2.24) is 5.32 Å². The summed E-state index contributed by atoms with van der Waals surface area (Å²) in [5.74, 6) is -0.700. The predicted octanol–water partition coefficient (Wildman–Crippen LogP) is 3.12. The first-order valence-electron chi connectivity index (χ1n) is 7.05. The number of hydrogen-bond acceptors (Lipinski definition) is 4. The van der Waals surface area contributed by atoms with Gasteiger partial charge in [0.2, 0.25) is 0 Å². The van der Waals surface area contributed by atoms with Crippen LogP contribution >= 0.6 is 0 Å². The van der Waals surface area contributed by atoms with Gasteiger partial charge in [0.25, 0.3) is 5.91 Å². The Balaban J connectivity index is 3.12. The smallest absolute Gasteiger partial charge is 0.387 e. The molecule has 1 rings (SSSR count). The van der Waals surface area contributed by atoms with Gasteiger partial charge in [-0.2, -0.15) is 14.0 Å². The Morgan fingerprint density at radius 3 is 2.78 bits per heavy atom. The Morgan fingerprint density at radius 2 is 2.22 bits per heavy atom. The number of nitrogens with one attached hydrogen (secondary N) is 1. The van der Waals surface area contributed by atoms with Crippen molar-refractivity contribution < 1.29 is 23.0 Å². The molecular weight excluding hydrogens is 306 g/mol. The van der Waals surface area contributed by atoms with Gasteiger partial charge in [-0.1, -0.05) is 25.5 Å². The summed E-state index contributed by atoms with van der Waals surface area (Å²) >= 11 is 0. The van der Waals surface area contributed by atoms with Crippen LogP contribution in [0.25, 0.3) is 6.08 Å². The SMILES string of the molecule is CCCCNC(=O)/C(C#N)=C\c1cccc(OC)c1OC(F)F. The lowest BCUT2D eigenvalue weighted by atomic mass is 10.1. The van der Waals surface area contributed by atoms with E-state index >= 15 is 0 Å². The minimum absolute atomic E-state index is 0.0859. The van der Waals surface area contributed by atoms with Crippen LogP contribution in [0.5, 0.6) is 11.5 Å². The highest BCUT2D eigenvalue weighted by Gasteiger charge is 2.16. The van der Waals surface area contributed by atoms with E-state index < -0.39 is 12.5 Å². The van der Waals surface area contributed by atoms with Crippen molar-refractivity contribution in [2.75, 3.05) is 13.7 Å². The molecule has 0 saturated heterocycles. The number of ether oxygens (including phenoxy) is 2. The van der Waals surface area contributed by atoms with Crippen LogP contribution in [-0.4, -0.2) is 26.2 Å². The number of amides is 1. The fraction of sp³-hybridized carbons (Fsp3) is 0.375. The van der Waals surface area contributed by atoms with Gasteiger partial charge in [-0.3, -0.25) is 4.79 Å². The minimum atomic E-state index is -3.05. The maximum Gasteiger partial charge on any atom is 0.387 e. The summed E-state index contributed by atoms with van der Waals surface area (Å²) in [4.78, 5) is 11.9. The first-order valence-corrected chi connectivity index (χ1v) is 7.05. The Labute approximate surface area is 133 Å². The third kappa shape index (κ3) is 5.58. The van der Waals surface area contributed by atoms with Crippen molar-refractivity contribution in [2.24, 2.45) is 0 Å². The Bertz CT molecular complexity index is 610. The van der Waals surface area contributed by atoms with Crippen LogP contribution in [0.3, 0.4) is 0 Å². The van der Waals surface area contributed by atoms with Crippen LogP contribution in [0.1, 0.15) is 25.3 Å². The summed E-state index contributed by atoms with van der Waals surface area (Å²) in [6.07, 6.45) is 2.87. The first kappa shape index (κ1) is 18.4. The van der Waals surface area contributed by atoms with E-state index in [1.54, 1.807) is 12.1 Å². The molecule has 7 heteroatoms. The van der Waals surface area contributed by atoms with Crippen molar-refractivity contribution in [3.63, 3.8) is 0 Å². The lowest BCUT2D eigenvalue weighted by Crippen LogP contribution is -2.25. The molecule has 5 nitrogen and oxygen atoms in total. The van der Waals surface area contributed by atoms with Crippen molar-refractivity contribution in [3.8, 4) is 17.6 Å². The van der Waals surface area contributed by atoms with Gasteiger partial charge in [-0.05, 0) is 18.6 Å². The van der Waals surface area contributed by atoms with Crippen molar-refractivity contribution in [2.45, 2.75) is 26.4 Å². The summed E-state index contributed by atoms with van der Waals surface area (Å²) in [7, 11) is 1.31. The predicted molar refractivity (Wildman–Crippen MR) is 81.1 cm³/mol. The maximum atomic E-state index is 12.6. The quantitative estimate of drug-likeness (QED) is 0.453. The molecule has 0 radical (unpaired) electrons. The van der Waals surface area contributed by atoms with Crippen molar-refractivity contribution in [1.29, 1.82) is 5.26 Å². The fourth-order valence-corrected chi connectivity index (χ4v) is 1.80. The van der Waals surface area contributed by atoms with Crippen LogP contribution in [0.15, 0.2) is 23.8 Å². The van der Waals surface area contributed by atoms with E-state index in [9.17, 15) is 13.6 Å². The average molecular weight is 324 g/mol. The third-order valence-corrected chi connectivity index (χ3v) is 2.92. The molecule has 23 heavy (non-hydrogen) atoms. The zero-order chi connectivity index (χ0) is 17.2. The molecule has 0 aliphatic heterocycles. The van der Waals surface area contributed by atoms with Crippen LogP contribution in [0, 0.1) is 11.3 Å². The molecular formula is C16H18F2N2O3. The number of carbonyl (C=O) groups excluding carboxylic acids is 1. The summed E-state index contributed by atoms with van der Waals surface area (Å²) < 4.78 is 34.5. The highest BCUT2D eigenvalue weighted by Crippen LogP contribution is 2.33. The molecule has 0 fully saturated rings. The Hall–Kier alpha value is -2.62. The molecule has 0 unspecified atom stereocenters. The molecule has 0 aromatic heterocycles. The van der Waals surface area contributed by atoms with Gasteiger partial charge in [0.05, 0.1) is 7.11 Å². The highest BCUT2D eigenvalue weighted by atomic mass is 19.3. The summed E-state index contributed by atoms with van der Waals surface area (Å²) in [6, 6.07) is 6.21. The van der Waals surface area contributed by atoms with E-state index in [1.807, 2.05) is 6.92 Å². The van der Waals surface area contributed by atoms with Gasteiger partial charge in [0.1, 0.15) is 11.6 Å². The van der Waals surface area contributed by atoms with Gasteiger partial charge >= 0.3 is 6.61 Å². The molecule has 1 aromatic carbocycles. The zero-order valence-corrected chi connectivity index (χ0v) is 12.9. The molecule has 0 aliphatic carbocycles. The number of benzene rings is 1. The number of rotatable bonds is 8. The van der Waals surface area contributed by atoms with Crippen molar-refractivity contribution >= 4 is 12.0 Å². The number of nitrogens with zero attached hydrogens (tertiary/aromatic N) is 1. The van der Waals surface area contributed by atoms with E-state index in [1.165, 1.54) is 25.3 Å². The largest absolute Gasteiger partial charge is 0.493 e. The number of para-hydroxylation sites is 1. The molecule has 1 N–H and O–H groups in total. The number of methoxy groups -OCH3 is 1. The van der Waals surface area contributed by atoms with Gasteiger partial charge in [0, 0.05) is 12.1 Å². The highest BCUT2D eigenvalue weighted by molar-refractivity contribution is 6.02. The standard InChI is InChI=1S/C16H18F2N2O3/c1-3-4-8-20-15(21)12(10-19)9-11-6-5-7-13(22-2)14(11)23-16(17)18/h5-7,9,16H,3-4,8H2,1-2H3,(H,20,21)/b12-9-. The van der Waals surface area contributed by atoms with E-state index in [4.69, 9.17) is 10.00 Å². The molecule has 0 aliphatic rings. The normalized spacial score (nSPS) is 11.0. The molecule has 124 valence electrons. The van der Waals surface area contributed by atoms with Gasteiger partial charge in [0.15, 0.2) is 11.5 Å². The van der Waals surface area contributed by atoms with Crippen LogP contribution in [-0.2, 0) is 4.79 Å².